The predicted molar refractivity (Wildman–Crippen MR) is 84.7 cm³/mol. The number of aromatic nitrogens is 2. The van der Waals surface area contributed by atoms with Crippen LogP contribution in [0.25, 0.3) is 0 Å². The van der Waals surface area contributed by atoms with Gasteiger partial charge in [0.1, 0.15) is 12.4 Å². The molecule has 1 aliphatic rings. The smallest absolute Gasteiger partial charge is 0.270 e. The highest BCUT2D eigenvalue weighted by Crippen LogP contribution is 2.20. The van der Waals surface area contributed by atoms with Crippen molar-refractivity contribution < 1.29 is 14.5 Å². The molecule has 1 aromatic carbocycles. The van der Waals surface area contributed by atoms with Gasteiger partial charge >= 0.3 is 0 Å². The van der Waals surface area contributed by atoms with Gasteiger partial charge in [-0.15, -0.1) is 0 Å². The van der Waals surface area contributed by atoms with Crippen LogP contribution in [0.15, 0.2) is 42.9 Å². The lowest BCUT2D eigenvalue weighted by Gasteiger charge is -2.31. The third-order valence-electron chi connectivity index (χ3n) is 3.88. The van der Waals surface area contributed by atoms with E-state index in [0.717, 1.165) is 0 Å². The highest BCUT2D eigenvalue weighted by molar-refractivity contribution is 5.94. The van der Waals surface area contributed by atoms with Crippen LogP contribution in [0.3, 0.4) is 0 Å². The van der Waals surface area contributed by atoms with E-state index in [2.05, 4.69) is 9.97 Å². The van der Waals surface area contributed by atoms with E-state index in [4.69, 9.17) is 4.74 Å². The van der Waals surface area contributed by atoms with Gasteiger partial charge in [0.25, 0.3) is 11.6 Å². The Morgan fingerprint density at radius 2 is 2.08 bits per heavy atom. The van der Waals surface area contributed by atoms with E-state index in [1.54, 1.807) is 23.2 Å². The molecule has 0 unspecified atom stereocenters. The van der Waals surface area contributed by atoms with Gasteiger partial charge < -0.3 is 9.64 Å². The van der Waals surface area contributed by atoms with Gasteiger partial charge in [-0.1, -0.05) is 6.07 Å². The Bertz CT molecular complexity index is 730. The highest BCUT2D eigenvalue weighted by atomic mass is 16.6. The second kappa shape index (κ2) is 7.03. The van der Waals surface area contributed by atoms with E-state index < -0.39 is 4.92 Å². The molecule has 1 amide bonds. The minimum Gasteiger partial charge on any atom is -0.474 e. The Labute approximate surface area is 138 Å². The molecule has 8 nitrogen and oxygen atoms in total. The number of piperidine rings is 1. The maximum Gasteiger partial charge on any atom is 0.270 e. The second-order valence-electron chi connectivity index (χ2n) is 5.46. The average molecular weight is 328 g/mol. The zero-order valence-corrected chi connectivity index (χ0v) is 12.9. The number of amides is 1. The molecule has 0 bridgehead atoms. The van der Waals surface area contributed by atoms with Crippen molar-refractivity contribution in [1.82, 2.24) is 14.9 Å². The largest absolute Gasteiger partial charge is 0.474 e. The number of hydrogen-bond acceptors (Lipinski definition) is 6. The van der Waals surface area contributed by atoms with Crippen molar-refractivity contribution in [2.45, 2.75) is 18.9 Å². The van der Waals surface area contributed by atoms with Crippen LogP contribution < -0.4 is 4.74 Å². The molecule has 2 aromatic rings. The molecule has 0 N–H and O–H groups in total. The van der Waals surface area contributed by atoms with Gasteiger partial charge in [0.05, 0.1) is 4.92 Å². The molecule has 1 saturated heterocycles. The third-order valence-corrected chi connectivity index (χ3v) is 3.88. The van der Waals surface area contributed by atoms with Crippen LogP contribution >= 0.6 is 0 Å². The number of nitrogens with zero attached hydrogens (tertiary/aromatic N) is 4. The van der Waals surface area contributed by atoms with Crippen molar-refractivity contribution in [2.75, 3.05) is 13.1 Å². The number of carbonyl (C=O) groups is 1. The molecule has 0 spiro atoms. The number of non-ortho nitro benzene ring substituents is 1. The Kier molecular flexibility index (Phi) is 4.64. The number of carbonyl (C=O) groups excluding carboxylic acids is 1. The molecule has 0 atom stereocenters. The van der Waals surface area contributed by atoms with E-state index in [1.165, 1.54) is 24.5 Å². The van der Waals surface area contributed by atoms with E-state index in [9.17, 15) is 14.9 Å². The molecule has 1 aliphatic heterocycles. The van der Waals surface area contributed by atoms with Crippen LogP contribution in [-0.4, -0.2) is 44.9 Å². The molecule has 0 aliphatic carbocycles. The Hall–Kier alpha value is -3.03. The van der Waals surface area contributed by atoms with Crippen molar-refractivity contribution in [3.8, 4) is 5.88 Å². The van der Waals surface area contributed by atoms with Crippen molar-refractivity contribution in [3.63, 3.8) is 0 Å². The summed E-state index contributed by atoms with van der Waals surface area (Å²) in [6, 6.07) is 7.50. The number of likely N-dealkylation sites (tertiary alicyclic amines) is 1. The lowest BCUT2D eigenvalue weighted by atomic mass is 10.1. The average Bonchev–Trinajstić information content (AvgIpc) is 2.63. The first kappa shape index (κ1) is 15.9. The van der Waals surface area contributed by atoms with Gasteiger partial charge in [-0.25, -0.2) is 9.97 Å². The zero-order chi connectivity index (χ0) is 16.9. The monoisotopic (exact) mass is 328 g/mol. The number of nitro benzene ring substituents is 1. The zero-order valence-electron chi connectivity index (χ0n) is 12.9. The first-order valence-electron chi connectivity index (χ1n) is 7.60. The Balaban J connectivity index is 1.59. The van der Waals surface area contributed by atoms with Crippen LogP contribution in [0.4, 0.5) is 5.69 Å². The lowest BCUT2D eigenvalue weighted by Crippen LogP contribution is -2.41. The van der Waals surface area contributed by atoms with Crippen LogP contribution in [0.1, 0.15) is 23.2 Å². The highest BCUT2D eigenvalue weighted by Gasteiger charge is 2.25. The molecule has 2 heterocycles. The quantitative estimate of drug-likeness (QED) is 0.629. The van der Waals surface area contributed by atoms with Crippen LogP contribution in [-0.2, 0) is 0 Å². The fraction of sp³-hybridized carbons (Fsp3) is 0.312. The Morgan fingerprint density at radius 1 is 1.29 bits per heavy atom. The third kappa shape index (κ3) is 3.65. The molecule has 24 heavy (non-hydrogen) atoms. The topological polar surface area (TPSA) is 98.5 Å². The minimum atomic E-state index is -0.501. The molecule has 1 fully saturated rings. The van der Waals surface area contributed by atoms with Crippen LogP contribution in [0, 0.1) is 10.1 Å². The standard InChI is InChI=1S/C16H16N4O4/c21-16(12-2-1-3-13(10-12)20(22)23)19-8-5-14(6-9-19)24-15-4-7-17-11-18-15/h1-4,7,10-11,14H,5-6,8-9H2. The van der Waals surface area contributed by atoms with Crippen molar-refractivity contribution >= 4 is 11.6 Å². The number of ether oxygens (including phenoxy) is 1. The summed E-state index contributed by atoms with van der Waals surface area (Å²) in [7, 11) is 0. The summed E-state index contributed by atoms with van der Waals surface area (Å²) in [4.78, 5) is 32.4. The van der Waals surface area contributed by atoms with Crippen LogP contribution in [0.5, 0.6) is 5.88 Å². The van der Waals surface area contributed by atoms with Crippen LogP contribution in [0.2, 0.25) is 0 Å². The van der Waals surface area contributed by atoms with Gasteiger partial charge in [0.2, 0.25) is 5.88 Å². The SMILES string of the molecule is O=C(c1cccc([N+](=O)[O-])c1)N1CCC(Oc2ccncn2)CC1. The first-order valence-corrected chi connectivity index (χ1v) is 7.60. The van der Waals surface area contributed by atoms with Crippen molar-refractivity contribution in [2.24, 2.45) is 0 Å². The van der Waals surface area contributed by atoms with Gasteiger partial charge in [-0.3, -0.25) is 14.9 Å². The van der Waals surface area contributed by atoms with Gasteiger partial charge in [0, 0.05) is 55.9 Å². The molecule has 1 aromatic heterocycles. The second-order valence-corrected chi connectivity index (χ2v) is 5.46. The van der Waals surface area contributed by atoms with E-state index in [1.807, 2.05) is 0 Å². The number of hydrogen-bond donors (Lipinski definition) is 0. The Morgan fingerprint density at radius 3 is 2.75 bits per heavy atom. The van der Waals surface area contributed by atoms with E-state index in [-0.39, 0.29) is 17.7 Å². The van der Waals surface area contributed by atoms with Gasteiger partial charge in [-0.05, 0) is 6.07 Å². The maximum absolute atomic E-state index is 12.5. The molecule has 124 valence electrons. The molecule has 0 radical (unpaired) electrons. The lowest BCUT2D eigenvalue weighted by molar-refractivity contribution is -0.384. The first-order chi connectivity index (χ1) is 11.6. The van der Waals surface area contributed by atoms with Crippen molar-refractivity contribution in [3.05, 3.63) is 58.5 Å². The predicted octanol–water partition coefficient (Wildman–Crippen LogP) is 2.07. The maximum atomic E-state index is 12.5. The normalized spacial score (nSPS) is 15.1. The van der Waals surface area contributed by atoms with Crippen molar-refractivity contribution in [1.29, 1.82) is 0 Å². The summed E-state index contributed by atoms with van der Waals surface area (Å²) in [5.41, 5.74) is 0.252. The summed E-state index contributed by atoms with van der Waals surface area (Å²) >= 11 is 0. The van der Waals surface area contributed by atoms with Gasteiger partial charge in [0.15, 0.2) is 0 Å². The summed E-state index contributed by atoms with van der Waals surface area (Å²) in [5.74, 6) is 0.327. The summed E-state index contributed by atoms with van der Waals surface area (Å²) < 4.78 is 5.76. The van der Waals surface area contributed by atoms with E-state index in [0.29, 0.717) is 37.4 Å². The van der Waals surface area contributed by atoms with Gasteiger partial charge in [-0.2, -0.15) is 0 Å². The molecule has 8 heteroatoms. The minimum absolute atomic E-state index is 0.00550. The molecular weight excluding hydrogens is 312 g/mol. The van der Waals surface area contributed by atoms with E-state index >= 15 is 0 Å². The number of benzene rings is 1. The number of rotatable bonds is 4. The molecule has 0 saturated carbocycles. The summed E-state index contributed by atoms with van der Waals surface area (Å²) in [6.07, 6.45) is 4.41. The molecular formula is C16H16N4O4. The summed E-state index contributed by atoms with van der Waals surface area (Å²) in [5, 5.41) is 10.8. The fourth-order valence-electron chi connectivity index (χ4n) is 2.63. The molecule has 3 rings (SSSR count). The summed E-state index contributed by atoms with van der Waals surface area (Å²) in [6.45, 7) is 1.08. The number of nitro groups is 1. The fourth-order valence-corrected chi connectivity index (χ4v) is 2.63.